The zero-order chi connectivity index (χ0) is 30.1. The second-order valence-electron chi connectivity index (χ2n) is 9.12. The number of nitrogens with zero attached hydrogens (tertiary/aromatic N) is 6. The fourth-order valence-electron chi connectivity index (χ4n) is 3.78. The van der Waals surface area contributed by atoms with Gasteiger partial charge in [0.25, 0.3) is 5.91 Å². The highest BCUT2D eigenvalue weighted by molar-refractivity contribution is 7.15. The Morgan fingerprint density at radius 3 is 2.69 bits per heavy atom. The minimum absolute atomic E-state index is 0.0610. The Bertz CT molecular complexity index is 1510. The third-order valence-electron chi connectivity index (χ3n) is 5.75. The molecule has 3 heterocycles. The molecule has 0 fully saturated rings. The van der Waals surface area contributed by atoms with E-state index in [2.05, 4.69) is 40.9 Å². The summed E-state index contributed by atoms with van der Waals surface area (Å²) in [5, 5.41) is 21.4. The van der Waals surface area contributed by atoms with Gasteiger partial charge in [-0.3, -0.25) is 14.6 Å². The Morgan fingerprint density at radius 2 is 1.90 bits per heavy atom. The molecule has 0 spiro atoms. The molecule has 4 rings (SSSR count). The number of nitrogens with one attached hydrogen (secondary N) is 2. The van der Waals surface area contributed by atoms with Gasteiger partial charge in [-0.1, -0.05) is 41.7 Å². The average Bonchev–Trinajstić information content (AvgIpc) is 3.59. The van der Waals surface area contributed by atoms with E-state index < -0.39 is 30.1 Å². The number of aryl methyl sites for hydroxylation is 2. The van der Waals surface area contributed by atoms with E-state index in [0.717, 1.165) is 41.0 Å². The minimum Gasteiger partial charge on any atom is -0.406 e. The SMILES string of the molecule is CCc1cncc(CNC(=O)c2cn(CC(F)CCc3nnc(NC(=O)Cc4cccc(OC(F)(F)F)c4)s3)nn2)c1. The van der Waals surface area contributed by atoms with Crippen LogP contribution in [0.3, 0.4) is 0 Å². The molecule has 1 aromatic carbocycles. The summed E-state index contributed by atoms with van der Waals surface area (Å²) in [6.45, 7) is 2.16. The number of alkyl halides is 4. The standard InChI is InChI=1S/C26H26F4N8O3S/c1-2-16-8-18(12-31-11-16)13-32-24(40)21-15-38(37-34-21)14-19(27)6-7-23-35-36-25(42-23)33-22(39)10-17-4-3-5-20(9-17)41-26(28,29)30/h3-5,8-9,11-12,15,19H,2,6-7,10,13-14H2,1H3,(H,32,40)(H,33,36,39). The normalized spacial score (nSPS) is 12.1. The molecule has 2 N–H and O–H groups in total. The van der Waals surface area contributed by atoms with Crippen molar-refractivity contribution in [1.29, 1.82) is 0 Å². The van der Waals surface area contributed by atoms with Crippen LogP contribution in [0.15, 0.2) is 48.9 Å². The number of carbonyl (C=O) groups is 2. The van der Waals surface area contributed by atoms with Gasteiger partial charge in [-0.05, 0) is 41.7 Å². The summed E-state index contributed by atoms with van der Waals surface area (Å²) in [6, 6.07) is 7.04. The van der Waals surface area contributed by atoms with E-state index in [4.69, 9.17) is 0 Å². The second-order valence-corrected chi connectivity index (χ2v) is 10.2. The zero-order valence-electron chi connectivity index (χ0n) is 22.3. The molecule has 0 aliphatic rings. The fraction of sp³-hybridized carbons (Fsp3) is 0.346. The van der Waals surface area contributed by atoms with E-state index in [0.29, 0.717) is 10.6 Å². The number of hydrogen-bond acceptors (Lipinski definition) is 9. The Kier molecular flexibility index (Phi) is 10.1. The Morgan fingerprint density at radius 1 is 1.10 bits per heavy atom. The lowest BCUT2D eigenvalue weighted by atomic mass is 10.1. The zero-order valence-corrected chi connectivity index (χ0v) is 23.1. The van der Waals surface area contributed by atoms with Crippen molar-refractivity contribution in [3.63, 3.8) is 0 Å². The highest BCUT2D eigenvalue weighted by atomic mass is 32.1. The minimum atomic E-state index is -4.84. The molecule has 4 aromatic rings. The molecule has 0 aliphatic carbocycles. The molecule has 0 saturated heterocycles. The lowest BCUT2D eigenvalue weighted by molar-refractivity contribution is -0.274. The van der Waals surface area contributed by atoms with Gasteiger partial charge in [0.1, 0.15) is 16.9 Å². The first-order valence-electron chi connectivity index (χ1n) is 12.8. The van der Waals surface area contributed by atoms with E-state index in [1.165, 1.54) is 23.0 Å². The third-order valence-corrected chi connectivity index (χ3v) is 6.65. The third kappa shape index (κ3) is 9.57. The monoisotopic (exact) mass is 606 g/mol. The number of carbonyl (C=O) groups excluding carboxylic acids is 2. The number of ether oxygens (including phenoxy) is 1. The molecule has 222 valence electrons. The first-order valence-corrected chi connectivity index (χ1v) is 13.6. The van der Waals surface area contributed by atoms with Crippen LogP contribution in [0.2, 0.25) is 0 Å². The van der Waals surface area contributed by atoms with Crippen LogP contribution in [0.5, 0.6) is 5.75 Å². The molecule has 16 heteroatoms. The molecular formula is C26H26F4N8O3S. The molecule has 3 aromatic heterocycles. The van der Waals surface area contributed by atoms with Crippen molar-refractivity contribution in [3.05, 3.63) is 76.3 Å². The van der Waals surface area contributed by atoms with Crippen molar-refractivity contribution in [2.75, 3.05) is 5.32 Å². The molecule has 0 saturated carbocycles. The second kappa shape index (κ2) is 13.9. The maximum absolute atomic E-state index is 14.6. The van der Waals surface area contributed by atoms with Gasteiger partial charge >= 0.3 is 6.36 Å². The van der Waals surface area contributed by atoms with Crippen LogP contribution < -0.4 is 15.4 Å². The summed E-state index contributed by atoms with van der Waals surface area (Å²) in [7, 11) is 0. The number of hydrogen-bond donors (Lipinski definition) is 2. The van der Waals surface area contributed by atoms with E-state index in [1.807, 2.05) is 13.0 Å². The number of rotatable bonds is 13. The summed E-state index contributed by atoms with van der Waals surface area (Å²) in [5.74, 6) is -1.38. The lowest BCUT2D eigenvalue weighted by Crippen LogP contribution is -2.23. The Balaban J connectivity index is 1.20. The first kappa shape index (κ1) is 30.5. The van der Waals surface area contributed by atoms with Gasteiger partial charge in [-0.2, -0.15) is 0 Å². The number of anilines is 1. The van der Waals surface area contributed by atoms with Crippen molar-refractivity contribution >= 4 is 28.3 Å². The smallest absolute Gasteiger partial charge is 0.406 e. The molecule has 1 atom stereocenters. The average molecular weight is 607 g/mol. The fourth-order valence-corrected chi connectivity index (χ4v) is 4.55. The highest BCUT2D eigenvalue weighted by Gasteiger charge is 2.31. The predicted octanol–water partition coefficient (Wildman–Crippen LogP) is 4.07. The van der Waals surface area contributed by atoms with Gasteiger partial charge in [-0.25, -0.2) is 9.07 Å². The van der Waals surface area contributed by atoms with E-state index in [1.54, 1.807) is 12.4 Å². The maximum atomic E-state index is 14.6. The van der Waals surface area contributed by atoms with Crippen LogP contribution in [0, 0.1) is 0 Å². The van der Waals surface area contributed by atoms with Crippen molar-refractivity contribution in [2.45, 2.75) is 58.2 Å². The molecule has 0 bridgehead atoms. The van der Waals surface area contributed by atoms with Crippen LogP contribution in [0.1, 0.15) is 45.5 Å². The predicted molar refractivity (Wildman–Crippen MR) is 143 cm³/mol. The molecule has 42 heavy (non-hydrogen) atoms. The van der Waals surface area contributed by atoms with Gasteiger partial charge < -0.3 is 15.4 Å². The van der Waals surface area contributed by atoms with Crippen LogP contribution in [-0.4, -0.2) is 54.5 Å². The van der Waals surface area contributed by atoms with Crippen molar-refractivity contribution < 1.29 is 31.9 Å². The first-order chi connectivity index (χ1) is 20.1. The van der Waals surface area contributed by atoms with Crippen molar-refractivity contribution in [1.82, 2.24) is 35.5 Å². The quantitative estimate of drug-likeness (QED) is 0.218. The molecule has 2 amide bonds. The maximum Gasteiger partial charge on any atom is 0.573 e. The summed E-state index contributed by atoms with van der Waals surface area (Å²) >= 11 is 1.06. The highest BCUT2D eigenvalue weighted by Crippen LogP contribution is 2.24. The molecule has 0 radical (unpaired) electrons. The van der Waals surface area contributed by atoms with Gasteiger partial charge in [0.15, 0.2) is 5.69 Å². The van der Waals surface area contributed by atoms with Crippen LogP contribution >= 0.6 is 11.3 Å². The van der Waals surface area contributed by atoms with Gasteiger partial charge in [0.2, 0.25) is 11.0 Å². The number of pyridine rings is 1. The Labute approximate surface area is 241 Å². The molecule has 11 nitrogen and oxygen atoms in total. The van der Waals surface area contributed by atoms with Gasteiger partial charge in [0, 0.05) is 25.4 Å². The van der Waals surface area contributed by atoms with E-state index in [9.17, 15) is 27.2 Å². The van der Waals surface area contributed by atoms with E-state index >= 15 is 0 Å². The molecule has 0 aliphatic heterocycles. The molecule has 1 unspecified atom stereocenters. The lowest BCUT2D eigenvalue weighted by Gasteiger charge is -2.09. The van der Waals surface area contributed by atoms with Crippen molar-refractivity contribution in [3.8, 4) is 5.75 Å². The van der Waals surface area contributed by atoms with Crippen LogP contribution in [0.25, 0.3) is 0 Å². The Hall–Kier alpha value is -4.47. The topological polar surface area (TPSA) is 137 Å². The van der Waals surface area contributed by atoms with Crippen LogP contribution in [0.4, 0.5) is 22.7 Å². The summed E-state index contributed by atoms with van der Waals surface area (Å²) < 4.78 is 57.0. The number of halogens is 4. The summed E-state index contributed by atoms with van der Waals surface area (Å²) in [4.78, 5) is 28.8. The number of amides is 2. The number of aromatic nitrogens is 6. The van der Waals surface area contributed by atoms with Crippen LogP contribution in [-0.2, 0) is 37.1 Å². The summed E-state index contributed by atoms with van der Waals surface area (Å²) in [5.41, 5.74) is 2.28. The van der Waals surface area contributed by atoms with Gasteiger partial charge in [0.05, 0.1) is 19.2 Å². The largest absolute Gasteiger partial charge is 0.573 e. The number of benzene rings is 1. The molecular weight excluding hydrogens is 580 g/mol. The van der Waals surface area contributed by atoms with Gasteiger partial charge in [-0.15, -0.1) is 28.5 Å². The summed E-state index contributed by atoms with van der Waals surface area (Å²) in [6.07, 6.45) is -0.427. The van der Waals surface area contributed by atoms with Crippen molar-refractivity contribution in [2.24, 2.45) is 0 Å². The van der Waals surface area contributed by atoms with E-state index in [-0.39, 0.29) is 43.2 Å².